The van der Waals surface area contributed by atoms with Crippen LogP contribution in [0.1, 0.15) is 12.5 Å². The summed E-state index contributed by atoms with van der Waals surface area (Å²) in [6, 6.07) is 2.19. The van der Waals surface area contributed by atoms with Crippen molar-refractivity contribution >= 4 is 31.9 Å². The van der Waals surface area contributed by atoms with Crippen LogP contribution in [0.5, 0.6) is 0 Å². The molecule has 0 bridgehead atoms. The van der Waals surface area contributed by atoms with Crippen LogP contribution in [-0.4, -0.2) is 32.6 Å². The first-order chi connectivity index (χ1) is 16.0. The molecule has 13 heteroatoms. The van der Waals surface area contributed by atoms with Crippen molar-refractivity contribution in [3.8, 4) is 0 Å². The largest absolute Gasteiger partial charge is 0.393 e. The van der Waals surface area contributed by atoms with Gasteiger partial charge in [0.05, 0.1) is 24.5 Å². The van der Waals surface area contributed by atoms with Crippen molar-refractivity contribution in [3.05, 3.63) is 85.7 Å². The van der Waals surface area contributed by atoms with Gasteiger partial charge >= 0.3 is 11.4 Å². The van der Waals surface area contributed by atoms with Crippen LogP contribution in [0.2, 0.25) is 0 Å². The standard InChI is InChI=1S/C21H21F3N7O2P/c1-10(25)8-31-20(32)29-19(28-16-5-12(7-27-2)15(26)6-13(16)22)30(21(31)33)9-11-3-14(23)18(24)17(34)4-11/h3-7,25-27H,8-9,34H2,1-2H3,(H,28,29,32)/b12-7-,25-10?,26-15?. The predicted octanol–water partition coefficient (Wildman–Crippen LogP) is 1.56. The van der Waals surface area contributed by atoms with Crippen LogP contribution in [0.3, 0.4) is 0 Å². The molecule has 1 aliphatic rings. The number of rotatable bonds is 7. The van der Waals surface area contributed by atoms with Gasteiger partial charge in [-0.1, -0.05) is 0 Å². The lowest BCUT2D eigenvalue weighted by molar-refractivity contribution is 0.511. The second-order valence-electron chi connectivity index (χ2n) is 7.41. The lowest BCUT2D eigenvalue weighted by Crippen LogP contribution is -2.44. The molecule has 0 fully saturated rings. The maximum Gasteiger partial charge on any atom is 0.355 e. The average molecular weight is 491 g/mol. The van der Waals surface area contributed by atoms with Crippen LogP contribution in [0.15, 0.2) is 57.2 Å². The van der Waals surface area contributed by atoms with Crippen molar-refractivity contribution in [1.29, 1.82) is 10.8 Å². The number of hydrogen-bond acceptors (Lipinski definition) is 7. The molecular formula is C21H21F3N7O2P. The zero-order valence-corrected chi connectivity index (χ0v) is 19.3. The van der Waals surface area contributed by atoms with Gasteiger partial charge in [0, 0.05) is 35.9 Å². The van der Waals surface area contributed by atoms with Gasteiger partial charge < -0.3 is 21.5 Å². The molecule has 1 unspecified atom stereocenters. The molecule has 4 N–H and O–H groups in total. The van der Waals surface area contributed by atoms with E-state index in [0.717, 1.165) is 16.7 Å². The minimum Gasteiger partial charge on any atom is -0.393 e. The zero-order chi connectivity index (χ0) is 25.2. The van der Waals surface area contributed by atoms with Gasteiger partial charge in [0.25, 0.3) is 0 Å². The Morgan fingerprint density at radius 3 is 2.53 bits per heavy atom. The third-order valence-electron chi connectivity index (χ3n) is 4.69. The van der Waals surface area contributed by atoms with Crippen molar-refractivity contribution in [2.75, 3.05) is 12.4 Å². The summed E-state index contributed by atoms with van der Waals surface area (Å²) in [7, 11) is 3.65. The second-order valence-corrected chi connectivity index (χ2v) is 8.03. The SMILES string of the molecule is CN/C=C1/C=C(Nc2nc(=O)n(CC(C)=N)c(=O)n2Cc2cc(F)c(F)c(P)c2)C(F)=CC1=N. The molecule has 3 rings (SSSR count). The maximum absolute atomic E-state index is 14.6. The van der Waals surface area contributed by atoms with Gasteiger partial charge in [0.15, 0.2) is 11.6 Å². The van der Waals surface area contributed by atoms with Crippen LogP contribution in [0, 0.1) is 22.5 Å². The second kappa shape index (κ2) is 10.0. The minimum atomic E-state index is -1.13. The number of anilines is 1. The molecule has 34 heavy (non-hydrogen) atoms. The highest BCUT2D eigenvalue weighted by Gasteiger charge is 2.20. The van der Waals surface area contributed by atoms with E-state index in [-0.39, 0.29) is 47.0 Å². The van der Waals surface area contributed by atoms with Crippen molar-refractivity contribution in [2.45, 2.75) is 20.0 Å². The van der Waals surface area contributed by atoms with Crippen molar-refractivity contribution in [3.63, 3.8) is 0 Å². The molecule has 1 aliphatic carbocycles. The summed E-state index contributed by atoms with van der Waals surface area (Å²) in [5.74, 6) is -3.38. The quantitative estimate of drug-likeness (QED) is 0.345. The molecule has 1 aromatic carbocycles. The number of benzene rings is 1. The Kier molecular flexibility index (Phi) is 7.31. The van der Waals surface area contributed by atoms with Crippen molar-refractivity contribution in [2.24, 2.45) is 0 Å². The van der Waals surface area contributed by atoms with Crippen LogP contribution in [-0.2, 0) is 13.1 Å². The highest BCUT2D eigenvalue weighted by atomic mass is 31.0. The van der Waals surface area contributed by atoms with Crippen LogP contribution < -0.4 is 27.3 Å². The number of nitrogens with one attached hydrogen (secondary N) is 4. The summed E-state index contributed by atoms with van der Waals surface area (Å²) in [6.07, 6.45) is 3.69. The Labute approximate surface area is 193 Å². The topological polar surface area (TPSA) is 129 Å². The van der Waals surface area contributed by atoms with Gasteiger partial charge in [-0.2, -0.15) is 4.98 Å². The van der Waals surface area contributed by atoms with Gasteiger partial charge in [-0.15, -0.1) is 9.24 Å². The van der Waals surface area contributed by atoms with E-state index >= 15 is 0 Å². The van der Waals surface area contributed by atoms with E-state index < -0.39 is 28.8 Å². The average Bonchev–Trinajstić information content (AvgIpc) is 2.75. The fourth-order valence-electron chi connectivity index (χ4n) is 3.16. The number of nitrogens with zero attached hydrogens (tertiary/aromatic N) is 3. The Balaban J connectivity index is 2.16. The van der Waals surface area contributed by atoms with E-state index in [1.165, 1.54) is 25.3 Å². The van der Waals surface area contributed by atoms with Gasteiger partial charge in [0.2, 0.25) is 5.95 Å². The lowest BCUT2D eigenvalue weighted by atomic mass is 10.0. The van der Waals surface area contributed by atoms with Crippen LogP contribution in [0.4, 0.5) is 19.1 Å². The lowest BCUT2D eigenvalue weighted by Gasteiger charge is -2.19. The Bertz CT molecular complexity index is 1380. The van der Waals surface area contributed by atoms with Crippen molar-refractivity contribution in [1.82, 2.24) is 19.4 Å². The summed E-state index contributed by atoms with van der Waals surface area (Å²) < 4.78 is 43.9. The van der Waals surface area contributed by atoms with E-state index in [9.17, 15) is 22.8 Å². The molecule has 1 heterocycles. The number of aromatic nitrogens is 3. The predicted molar refractivity (Wildman–Crippen MR) is 127 cm³/mol. The zero-order valence-electron chi connectivity index (χ0n) is 18.2. The maximum atomic E-state index is 14.6. The first-order valence-electron chi connectivity index (χ1n) is 9.83. The first kappa shape index (κ1) is 24.8. The molecule has 0 saturated carbocycles. The smallest absolute Gasteiger partial charge is 0.355 e. The first-order valence-corrected chi connectivity index (χ1v) is 10.4. The molecule has 0 amide bonds. The molecular weight excluding hydrogens is 470 g/mol. The minimum absolute atomic E-state index is 0.0117. The molecule has 0 spiro atoms. The molecule has 9 nitrogen and oxygen atoms in total. The highest BCUT2D eigenvalue weighted by molar-refractivity contribution is 7.27. The summed E-state index contributed by atoms with van der Waals surface area (Å²) >= 11 is 0. The van der Waals surface area contributed by atoms with E-state index in [0.29, 0.717) is 10.1 Å². The monoisotopic (exact) mass is 491 g/mol. The Morgan fingerprint density at radius 1 is 1.21 bits per heavy atom. The Morgan fingerprint density at radius 2 is 1.91 bits per heavy atom. The van der Waals surface area contributed by atoms with E-state index in [2.05, 4.69) is 15.6 Å². The Hall–Kier alpha value is -3.79. The fourth-order valence-corrected chi connectivity index (χ4v) is 3.52. The number of allylic oxidation sites excluding steroid dienone is 4. The van der Waals surface area contributed by atoms with E-state index in [1.807, 2.05) is 9.24 Å². The summed E-state index contributed by atoms with van der Waals surface area (Å²) in [4.78, 5) is 29.5. The van der Waals surface area contributed by atoms with Gasteiger partial charge in [-0.25, -0.2) is 27.3 Å². The molecule has 0 aliphatic heterocycles. The van der Waals surface area contributed by atoms with Crippen LogP contribution in [0.25, 0.3) is 0 Å². The highest BCUT2D eigenvalue weighted by Crippen LogP contribution is 2.22. The fraction of sp³-hybridized carbons (Fsp3) is 0.190. The molecule has 0 radical (unpaired) electrons. The van der Waals surface area contributed by atoms with Gasteiger partial charge in [0.1, 0.15) is 5.83 Å². The number of hydrogen-bond donors (Lipinski definition) is 4. The van der Waals surface area contributed by atoms with Crippen molar-refractivity contribution < 1.29 is 13.2 Å². The molecule has 1 atom stereocenters. The molecule has 178 valence electrons. The molecule has 1 aromatic heterocycles. The normalized spacial score (nSPS) is 14.6. The van der Waals surface area contributed by atoms with E-state index in [4.69, 9.17) is 10.8 Å². The van der Waals surface area contributed by atoms with Gasteiger partial charge in [-0.3, -0.25) is 4.57 Å². The summed E-state index contributed by atoms with van der Waals surface area (Å²) in [6.45, 7) is 0.731. The third-order valence-corrected chi connectivity index (χ3v) is 5.11. The van der Waals surface area contributed by atoms with Gasteiger partial charge in [-0.05, 0) is 30.7 Å². The summed E-state index contributed by atoms with van der Waals surface area (Å²) in [5.41, 5.74) is -1.63. The summed E-state index contributed by atoms with van der Waals surface area (Å²) in [5, 5.41) is 20.7. The van der Waals surface area contributed by atoms with Crippen LogP contribution >= 0.6 is 9.24 Å². The number of halogens is 3. The van der Waals surface area contributed by atoms with E-state index in [1.54, 1.807) is 7.05 Å². The molecule has 2 aromatic rings. The molecule has 0 saturated heterocycles. The third kappa shape index (κ3) is 5.23.